The second kappa shape index (κ2) is 2.09. The van der Waals surface area contributed by atoms with Crippen molar-refractivity contribution >= 4 is 16.5 Å². The van der Waals surface area contributed by atoms with Gasteiger partial charge in [-0.3, -0.25) is 0 Å². The lowest BCUT2D eigenvalue weighted by Gasteiger charge is -2.03. The minimum absolute atomic E-state index is 0.963. The summed E-state index contributed by atoms with van der Waals surface area (Å²) in [6.07, 6.45) is 2.72. The first-order valence-electron chi connectivity index (χ1n) is 2.18. The summed E-state index contributed by atoms with van der Waals surface area (Å²) in [5, 5.41) is 4.51. The second-order valence-corrected chi connectivity index (χ2v) is 2.32. The van der Waals surface area contributed by atoms with Crippen molar-refractivity contribution in [2.75, 3.05) is 19.0 Å². The Morgan fingerprint density at radius 3 is 2.62 bits per heavy atom. The molecule has 0 bridgehead atoms. The van der Waals surface area contributed by atoms with Gasteiger partial charge in [-0.05, 0) is 0 Å². The molecule has 0 aliphatic heterocycles. The van der Waals surface area contributed by atoms with Crippen LogP contribution in [-0.2, 0) is 0 Å². The fraction of sp³-hybridized carbons (Fsp3) is 0.500. The smallest absolute Gasteiger partial charge is 0.153 e. The van der Waals surface area contributed by atoms with E-state index in [1.165, 1.54) is 11.5 Å². The lowest BCUT2D eigenvalue weighted by atomic mass is 10.7. The second-order valence-electron chi connectivity index (χ2n) is 1.58. The van der Waals surface area contributed by atoms with Gasteiger partial charge in [0.2, 0.25) is 0 Å². The number of rotatable bonds is 1. The third-order valence-electron chi connectivity index (χ3n) is 0.720. The largest absolute Gasteiger partial charge is 0.366 e. The number of nitrogens with zero attached hydrogens (tertiary/aromatic N) is 3. The highest BCUT2D eigenvalue weighted by Crippen LogP contribution is 2.10. The van der Waals surface area contributed by atoms with E-state index in [4.69, 9.17) is 0 Å². The standard InChI is InChI=1S/C4H6N3S/c1-7(2)4-3-5-6-8-4/h1-2H3. The van der Waals surface area contributed by atoms with Crippen molar-refractivity contribution < 1.29 is 0 Å². The molecule has 1 aromatic heterocycles. The van der Waals surface area contributed by atoms with E-state index in [-0.39, 0.29) is 0 Å². The van der Waals surface area contributed by atoms with Crippen LogP contribution in [0.3, 0.4) is 0 Å². The molecule has 0 spiro atoms. The van der Waals surface area contributed by atoms with E-state index in [2.05, 4.69) is 15.8 Å². The Morgan fingerprint density at radius 1 is 1.62 bits per heavy atom. The average molecular weight is 128 g/mol. The fourth-order valence-corrected chi connectivity index (χ4v) is 0.728. The zero-order valence-electron chi connectivity index (χ0n) is 4.75. The van der Waals surface area contributed by atoms with Gasteiger partial charge in [0.05, 0.1) is 0 Å². The molecule has 43 valence electrons. The Kier molecular flexibility index (Phi) is 1.43. The molecule has 8 heavy (non-hydrogen) atoms. The van der Waals surface area contributed by atoms with Crippen LogP contribution in [0.1, 0.15) is 0 Å². The highest BCUT2D eigenvalue weighted by molar-refractivity contribution is 7.09. The Morgan fingerprint density at radius 2 is 2.38 bits per heavy atom. The van der Waals surface area contributed by atoms with E-state index in [0.29, 0.717) is 0 Å². The maximum Gasteiger partial charge on any atom is 0.153 e. The molecule has 0 aromatic carbocycles. The Balaban J connectivity index is 2.77. The highest BCUT2D eigenvalue weighted by Gasteiger charge is 1.94. The van der Waals surface area contributed by atoms with Crippen molar-refractivity contribution in [1.82, 2.24) is 9.59 Å². The summed E-state index contributed by atoms with van der Waals surface area (Å²) in [6.45, 7) is 0. The van der Waals surface area contributed by atoms with Crippen molar-refractivity contribution in [2.24, 2.45) is 0 Å². The zero-order chi connectivity index (χ0) is 5.98. The summed E-state index contributed by atoms with van der Waals surface area (Å²) in [6, 6.07) is 0. The summed E-state index contributed by atoms with van der Waals surface area (Å²) in [5.41, 5.74) is 0. The van der Waals surface area contributed by atoms with Gasteiger partial charge in [-0.15, -0.1) is 5.10 Å². The SMILES string of the molecule is CN(C)c1[c]nns1. The first-order chi connectivity index (χ1) is 3.80. The quantitative estimate of drug-likeness (QED) is 0.548. The third kappa shape index (κ3) is 0.949. The maximum absolute atomic E-state index is 3.64. The van der Waals surface area contributed by atoms with Gasteiger partial charge in [0.1, 0.15) is 5.00 Å². The van der Waals surface area contributed by atoms with Crippen molar-refractivity contribution in [3.63, 3.8) is 0 Å². The van der Waals surface area contributed by atoms with E-state index < -0.39 is 0 Å². The molecule has 0 fully saturated rings. The van der Waals surface area contributed by atoms with Crippen LogP contribution < -0.4 is 4.90 Å². The summed E-state index contributed by atoms with van der Waals surface area (Å²) >= 11 is 1.34. The number of anilines is 1. The molecular formula is C4H6N3S. The van der Waals surface area contributed by atoms with Gasteiger partial charge in [0.15, 0.2) is 6.20 Å². The number of hydrogen-bond acceptors (Lipinski definition) is 4. The monoisotopic (exact) mass is 128 g/mol. The minimum Gasteiger partial charge on any atom is -0.366 e. The molecule has 0 saturated heterocycles. The molecular weight excluding hydrogens is 122 g/mol. The fourth-order valence-electron chi connectivity index (χ4n) is 0.324. The van der Waals surface area contributed by atoms with E-state index in [1.807, 2.05) is 19.0 Å². The first-order valence-corrected chi connectivity index (χ1v) is 2.95. The van der Waals surface area contributed by atoms with Crippen LogP contribution >= 0.6 is 11.5 Å². The normalized spacial score (nSPS) is 9.25. The molecule has 0 unspecified atom stereocenters. The Bertz CT molecular complexity index is 146. The summed E-state index contributed by atoms with van der Waals surface area (Å²) in [5.74, 6) is 0. The number of aromatic nitrogens is 2. The lowest BCUT2D eigenvalue weighted by Crippen LogP contribution is -2.06. The molecule has 0 saturated carbocycles. The van der Waals surface area contributed by atoms with E-state index in [1.54, 1.807) is 0 Å². The zero-order valence-corrected chi connectivity index (χ0v) is 5.57. The van der Waals surface area contributed by atoms with Gasteiger partial charge in [-0.1, -0.05) is 4.49 Å². The minimum atomic E-state index is 0.963. The van der Waals surface area contributed by atoms with Gasteiger partial charge in [-0.25, -0.2) is 0 Å². The van der Waals surface area contributed by atoms with Gasteiger partial charge < -0.3 is 4.90 Å². The predicted octanol–water partition coefficient (Wildman–Crippen LogP) is 0.404. The topological polar surface area (TPSA) is 29.0 Å². The van der Waals surface area contributed by atoms with Crippen LogP contribution in [0.25, 0.3) is 0 Å². The van der Waals surface area contributed by atoms with Crippen molar-refractivity contribution in [3.05, 3.63) is 6.20 Å². The molecule has 1 heterocycles. The van der Waals surface area contributed by atoms with Crippen molar-refractivity contribution in [1.29, 1.82) is 0 Å². The van der Waals surface area contributed by atoms with Gasteiger partial charge in [0.25, 0.3) is 0 Å². The van der Waals surface area contributed by atoms with Crippen LogP contribution in [0.4, 0.5) is 5.00 Å². The van der Waals surface area contributed by atoms with Gasteiger partial charge in [-0.2, -0.15) is 0 Å². The Labute approximate surface area is 52.1 Å². The molecule has 1 aromatic rings. The van der Waals surface area contributed by atoms with Gasteiger partial charge in [0, 0.05) is 25.6 Å². The first kappa shape index (κ1) is 5.50. The van der Waals surface area contributed by atoms with Crippen LogP contribution in [0, 0.1) is 6.20 Å². The van der Waals surface area contributed by atoms with Crippen molar-refractivity contribution in [3.8, 4) is 0 Å². The molecule has 4 heteroatoms. The molecule has 0 aliphatic carbocycles. The molecule has 0 atom stereocenters. The predicted molar refractivity (Wildman–Crippen MR) is 33.1 cm³/mol. The molecule has 1 rings (SSSR count). The van der Waals surface area contributed by atoms with Crippen LogP contribution in [0.2, 0.25) is 0 Å². The lowest BCUT2D eigenvalue weighted by molar-refractivity contribution is 1.11. The van der Waals surface area contributed by atoms with E-state index in [9.17, 15) is 0 Å². The summed E-state index contributed by atoms with van der Waals surface area (Å²) in [7, 11) is 3.87. The van der Waals surface area contributed by atoms with Crippen LogP contribution in [0.5, 0.6) is 0 Å². The van der Waals surface area contributed by atoms with Gasteiger partial charge >= 0.3 is 0 Å². The molecule has 3 nitrogen and oxygen atoms in total. The molecule has 0 aliphatic rings. The van der Waals surface area contributed by atoms with Crippen LogP contribution in [-0.4, -0.2) is 23.7 Å². The summed E-state index contributed by atoms with van der Waals surface area (Å²) < 4.78 is 3.64. The maximum atomic E-state index is 3.64. The number of hydrogen-bond donors (Lipinski definition) is 0. The van der Waals surface area contributed by atoms with Crippen molar-refractivity contribution in [2.45, 2.75) is 0 Å². The molecule has 0 N–H and O–H groups in total. The highest BCUT2D eigenvalue weighted by atomic mass is 32.1. The van der Waals surface area contributed by atoms with Crippen LogP contribution in [0.15, 0.2) is 0 Å². The Hall–Kier alpha value is -0.640. The van der Waals surface area contributed by atoms with E-state index in [0.717, 1.165) is 5.00 Å². The average Bonchev–Trinajstić information content (AvgIpc) is 2.12. The molecule has 1 radical (unpaired) electrons. The molecule has 0 amide bonds. The summed E-state index contributed by atoms with van der Waals surface area (Å²) in [4.78, 5) is 1.92. The van der Waals surface area contributed by atoms with E-state index >= 15 is 0 Å². The third-order valence-corrected chi connectivity index (χ3v) is 1.51.